The Kier molecular flexibility index (Phi) is 3.72. The van der Waals surface area contributed by atoms with Gasteiger partial charge in [0.2, 0.25) is 0 Å². The largest absolute Gasteiger partial charge is 0.478 e. The van der Waals surface area contributed by atoms with Crippen LogP contribution in [0.2, 0.25) is 0 Å². The van der Waals surface area contributed by atoms with E-state index >= 15 is 0 Å². The average Bonchev–Trinajstić information content (AvgIpc) is 2.15. The molecule has 3 nitrogen and oxygen atoms in total. The van der Waals surface area contributed by atoms with Gasteiger partial charge in [-0.05, 0) is 37.6 Å². The minimum atomic E-state index is -0.883. The van der Waals surface area contributed by atoms with E-state index in [2.05, 4.69) is 6.58 Å². The van der Waals surface area contributed by atoms with Crippen LogP contribution in [-0.4, -0.2) is 24.7 Å². The number of hydrogen-bond donors (Lipinski definition) is 1. The van der Waals surface area contributed by atoms with Gasteiger partial charge >= 0.3 is 5.97 Å². The van der Waals surface area contributed by atoms with Crippen LogP contribution in [0.4, 0.5) is 5.69 Å². The van der Waals surface area contributed by atoms with E-state index < -0.39 is 5.97 Å². The van der Waals surface area contributed by atoms with Crippen molar-refractivity contribution >= 4 is 11.7 Å². The van der Waals surface area contributed by atoms with Crippen LogP contribution in [0, 0.1) is 6.92 Å². The lowest BCUT2D eigenvalue weighted by Gasteiger charge is -2.20. The number of benzene rings is 1. The van der Waals surface area contributed by atoms with E-state index in [4.69, 9.17) is 5.11 Å². The summed E-state index contributed by atoms with van der Waals surface area (Å²) in [6.07, 6.45) is 0. The Labute approximate surface area is 96.0 Å². The normalized spacial score (nSPS) is 9.94. The highest BCUT2D eigenvalue weighted by atomic mass is 16.4. The molecule has 1 aromatic carbocycles. The zero-order chi connectivity index (χ0) is 12.3. The molecule has 0 spiro atoms. The van der Waals surface area contributed by atoms with Crippen molar-refractivity contribution in [1.29, 1.82) is 0 Å². The maximum atomic E-state index is 10.9. The summed E-state index contributed by atoms with van der Waals surface area (Å²) in [5.41, 5.74) is 3.21. The van der Waals surface area contributed by atoms with Crippen molar-refractivity contribution in [2.24, 2.45) is 0 Å². The van der Waals surface area contributed by atoms with Crippen molar-refractivity contribution in [1.82, 2.24) is 0 Å². The predicted octanol–water partition coefficient (Wildman–Crippen LogP) is 2.71. The summed E-state index contributed by atoms with van der Waals surface area (Å²) in [5, 5.41) is 8.91. The second-order valence-corrected chi connectivity index (χ2v) is 4.12. The van der Waals surface area contributed by atoms with E-state index in [1.807, 2.05) is 37.9 Å². The Balaban J connectivity index is 2.96. The monoisotopic (exact) mass is 219 g/mol. The second-order valence-electron chi connectivity index (χ2n) is 4.12. The van der Waals surface area contributed by atoms with Gasteiger partial charge in [-0.15, -0.1) is 0 Å². The number of hydrogen-bond acceptors (Lipinski definition) is 2. The quantitative estimate of drug-likeness (QED) is 0.791. The topological polar surface area (TPSA) is 40.5 Å². The fraction of sp³-hybridized carbons (Fsp3) is 0.308. The number of aryl methyl sites for hydroxylation is 1. The Bertz CT molecular complexity index is 424. The van der Waals surface area contributed by atoms with Crippen molar-refractivity contribution < 1.29 is 9.90 Å². The molecular formula is C13H17NO2. The molecule has 0 aliphatic rings. The van der Waals surface area contributed by atoms with Crippen molar-refractivity contribution in [3.05, 3.63) is 41.5 Å². The zero-order valence-corrected chi connectivity index (χ0v) is 9.95. The van der Waals surface area contributed by atoms with E-state index in [0.717, 1.165) is 23.4 Å². The average molecular weight is 219 g/mol. The van der Waals surface area contributed by atoms with Crippen molar-refractivity contribution in [3.63, 3.8) is 0 Å². The van der Waals surface area contributed by atoms with Gasteiger partial charge in [0, 0.05) is 19.3 Å². The first-order valence-electron chi connectivity index (χ1n) is 5.11. The third kappa shape index (κ3) is 2.86. The number of carboxylic acids is 1. The molecule has 0 saturated heterocycles. The molecule has 0 aliphatic carbocycles. The summed E-state index contributed by atoms with van der Waals surface area (Å²) in [6, 6.07) is 5.34. The van der Waals surface area contributed by atoms with Crippen LogP contribution in [-0.2, 0) is 0 Å². The van der Waals surface area contributed by atoms with Crippen LogP contribution in [0.25, 0.3) is 0 Å². The maximum absolute atomic E-state index is 10.9. The first-order chi connectivity index (χ1) is 7.41. The molecule has 0 aliphatic heterocycles. The molecule has 0 heterocycles. The number of nitrogens with zero attached hydrogens (tertiary/aromatic N) is 1. The summed E-state index contributed by atoms with van der Waals surface area (Å²) < 4.78 is 0. The first-order valence-corrected chi connectivity index (χ1v) is 5.11. The smallest absolute Gasteiger partial charge is 0.335 e. The Hall–Kier alpha value is -1.77. The summed E-state index contributed by atoms with van der Waals surface area (Å²) in [5.74, 6) is -0.883. The lowest BCUT2D eigenvalue weighted by molar-refractivity contribution is 0.0696. The zero-order valence-electron chi connectivity index (χ0n) is 9.95. The minimum absolute atomic E-state index is 0.354. The van der Waals surface area contributed by atoms with Crippen LogP contribution in [0.5, 0.6) is 0 Å². The lowest BCUT2D eigenvalue weighted by Crippen LogP contribution is -2.19. The molecule has 0 amide bonds. The summed E-state index contributed by atoms with van der Waals surface area (Å²) >= 11 is 0. The van der Waals surface area contributed by atoms with E-state index in [1.54, 1.807) is 6.07 Å². The standard InChI is InChI=1S/C13H17NO2/c1-9(2)8-14(4)11-5-6-12(13(15)16)10(3)7-11/h5-7H,1,8H2,2-4H3,(H,15,16). The van der Waals surface area contributed by atoms with Gasteiger partial charge in [0.1, 0.15) is 0 Å². The number of aromatic carboxylic acids is 1. The van der Waals surface area contributed by atoms with Gasteiger partial charge in [0.15, 0.2) is 0 Å². The molecule has 0 bridgehead atoms. The molecular weight excluding hydrogens is 202 g/mol. The molecule has 0 fully saturated rings. The number of carbonyl (C=O) groups is 1. The molecule has 0 unspecified atom stereocenters. The van der Waals surface area contributed by atoms with Gasteiger partial charge < -0.3 is 10.0 Å². The van der Waals surface area contributed by atoms with Gasteiger partial charge in [-0.2, -0.15) is 0 Å². The van der Waals surface area contributed by atoms with E-state index in [9.17, 15) is 4.79 Å². The van der Waals surface area contributed by atoms with Crippen molar-refractivity contribution in [2.75, 3.05) is 18.5 Å². The van der Waals surface area contributed by atoms with E-state index in [0.29, 0.717) is 5.56 Å². The molecule has 0 saturated carbocycles. The third-order valence-corrected chi connectivity index (χ3v) is 2.39. The molecule has 16 heavy (non-hydrogen) atoms. The fourth-order valence-corrected chi connectivity index (χ4v) is 1.62. The highest BCUT2D eigenvalue weighted by Gasteiger charge is 2.08. The number of anilines is 1. The first kappa shape index (κ1) is 12.3. The molecule has 1 aromatic rings. The Morgan fingerprint density at radius 3 is 2.56 bits per heavy atom. The lowest BCUT2D eigenvalue weighted by atomic mass is 10.1. The van der Waals surface area contributed by atoms with E-state index in [1.165, 1.54) is 0 Å². The fourth-order valence-electron chi connectivity index (χ4n) is 1.62. The predicted molar refractivity (Wildman–Crippen MR) is 66.2 cm³/mol. The van der Waals surface area contributed by atoms with Crippen LogP contribution in [0.15, 0.2) is 30.4 Å². The molecule has 1 N–H and O–H groups in total. The van der Waals surface area contributed by atoms with Gasteiger partial charge in [0.05, 0.1) is 5.56 Å². The van der Waals surface area contributed by atoms with Crippen LogP contribution in [0.3, 0.4) is 0 Å². The van der Waals surface area contributed by atoms with Gasteiger partial charge in [-0.1, -0.05) is 12.2 Å². The van der Waals surface area contributed by atoms with Crippen LogP contribution < -0.4 is 4.90 Å². The highest BCUT2D eigenvalue weighted by Crippen LogP contribution is 2.18. The van der Waals surface area contributed by atoms with Crippen LogP contribution in [0.1, 0.15) is 22.8 Å². The third-order valence-electron chi connectivity index (χ3n) is 2.39. The van der Waals surface area contributed by atoms with Crippen LogP contribution >= 0.6 is 0 Å². The van der Waals surface area contributed by atoms with Gasteiger partial charge in [0.25, 0.3) is 0 Å². The molecule has 86 valence electrons. The Morgan fingerprint density at radius 1 is 1.50 bits per heavy atom. The molecule has 3 heteroatoms. The Morgan fingerprint density at radius 2 is 2.12 bits per heavy atom. The number of likely N-dealkylation sites (N-methyl/N-ethyl adjacent to an activating group) is 1. The molecule has 0 atom stereocenters. The SMILES string of the molecule is C=C(C)CN(C)c1ccc(C(=O)O)c(C)c1. The number of rotatable bonds is 4. The summed E-state index contributed by atoms with van der Waals surface area (Å²) in [7, 11) is 1.96. The maximum Gasteiger partial charge on any atom is 0.335 e. The van der Waals surface area contributed by atoms with Gasteiger partial charge in [-0.3, -0.25) is 0 Å². The summed E-state index contributed by atoms with van der Waals surface area (Å²) in [4.78, 5) is 12.9. The minimum Gasteiger partial charge on any atom is -0.478 e. The highest BCUT2D eigenvalue weighted by molar-refractivity contribution is 5.89. The molecule has 0 radical (unpaired) electrons. The summed E-state index contributed by atoms with van der Waals surface area (Å²) in [6.45, 7) is 8.40. The van der Waals surface area contributed by atoms with Crippen molar-refractivity contribution in [3.8, 4) is 0 Å². The molecule has 0 aromatic heterocycles. The second kappa shape index (κ2) is 4.84. The number of carboxylic acid groups (broad SMARTS) is 1. The molecule has 1 rings (SSSR count). The van der Waals surface area contributed by atoms with Crippen molar-refractivity contribution in [2.45, 2.75) is 13.8 Å². The van der Waals surface area contributed by atoms with Gasteiger partial charge in [-0.25, -0.2) is 4.79 Å². The van der Waals surface area contributed by atoms with E-state index in [-0.39, 0.29) is 0 Å².